The first kappa shape index (κ1) is 14.5. The molecule has 0 saturated carbocycles. The van der Waals surface area contributed by atoms with Gasteiger partial charge >= 0.3 is 6.18 Å². The molecule has 1 unspecified atom stereocenters. The van der Waals surface area contributed by atoms with Gasteiger partial charge in [0.05, 0.1) is 0 Å². The summed E-state index contributed by atoms with van der Waals surface area (Å²) in [4.78, 5) is 0. The molecule has 2 nitrogen and oxygen atoms in total. The van der Waals surface area contributed by atoms with Crippen molar-refractivity contribution in [1.82, 2.24) is 0 Å². The summed E-state index contributed by atoms with van der Waals surface area (Å²) in [5, 5.41) is 0. The largest absolute Gasteiger partial charge is 0.403 e. The highest BCUT2D eigenvalue weighted by atomic mass is 35.5. The van der Waals surface area contributed by atoms with E-state index in [0.717, 1.165) is 0 Å². The van der Waals surface area contributed by atoms with Crippen molar-refractivity contribution in [1.29, 1.82) is 0 Å². The van der Waals surface area contributed by atoms with Crippen LogP contribution in [0.5, 0.6) is 0 Å². The Balaban J connectivity index is 0. The maximum atomic E-state index is 11.7. The Kier molecular flexibility index (Phi) is 7.88. The Bertz CT molecular complexity index is 107. The van der Waals surface area contributed by atoms with Crippen LogP contribution in [0.25, 0.3) is 0 Å². The third kappa shape index (κ3) is 6.69. The highest BCUT2D eigenvalue weighted by molar-refractivity contribution is 5.85. The van der Waals surface area contributed by atoms with Crippen LogP contribution in [0.4, 0.5) is 13.2 Å². The summed E-state index contributed by atoms with van der Waals surface area (Å²) in [6, 6.07) is -1.69. The van der Waals surface area contributed by atoms with Crippen molar-refractivity contribution in [3.05, 3.63) is 0 Å². The van der Waals surface area contributed by atoms with Gasteiger partial charge in [-0.2, -0.15) is 13.2 Å². The second-order valence-corrected chi connectivity index (χ2v) is 2.43. The van der Waals surface area contributed by atoms with Crippen molar-refractivity contribution in [3.63, 3.8) is 0 Å². The summed E-state index contributed by atoms with van der Waals surface area (Å²) < 4.78 is 35.2. The molecule has 0 heterocycles. The van der Waals surface area contributed by atoms with Crippen molar-refractivity contribution in [3.8, 4) is 0 Å². The van der Waals surface area contributed by atoms with Crippen LogP contribution < -0.4 is 11.5 Å². The first-order valence-corrected chi connectivity index (χ1v) is 3.51. The number of nitrogens with two attached hydrogens (primary N) is 2. The van der Waals surface area contributed by atoms with Gasteiger partial charge in [-0.1, -0.05) is 6.42 Å². The summed E-state index contributed by atoms with van der Waals surface area (Å²) in [6.45, 7) is 0.421. The van der Waals surface area contributed by atoms with Crippen LogP contribution in [0, 0.1) is 0 Å². The fourth-order valence-electron chi connectivity index (χ4n) is 0.672. The summed E-state index contributed by atoms with van der Waals surface area (Å²) in [7, 11) is 0. The fraction of sp³-hybridized carbons (Fsp3) is 1.00. The zero-order chi connectivity index (χ0) is 8.91. The van der Waals surface area contributed by atoms with E-state index in [1.165, 1.54) is 0 Å². The van der Waals surface area contributed by atoms with Gasteiger partial charge in [0.25, 0.3) is 0 Å². The molecule has 0 fully saturated rings. The van der Waals surface area contributed by atoms with Crippen LogP contribution in [-0.4, -0.2) is 18.8 Å². The van der Waals surface area contributed by atoms with Gasteiger partial charge in [0.1, 0.15) is 6.04 Å². The lowest BCUT2D eigenvalue weighted by molar-refractivity contribution is -0.149. The Hall–Kier alpha value is -0.0000000000000000555. The van der Waals surface area contributed by atoms with Gasteiger partial charge in [0.2, 0.25) is 0 Å². The number of unbranched alkanes of at least 4 members (excludes halogenated alkanes) is 1. The van der Waals surface area contributed by atoms with E-state index in [2.05, 4.69) is 0 Å². The van der Waals surface area contributed by atoms with Gasteiger partial charge in [-0.05, 0) is 19.4 Å². The molecule has 12 heavy (non-hydrogen) atoms. The lowest BCUT2D eigenvalue weighted by Crippen LogP contribution is -2.37. The predicted molar refractivity (Wildman–Crippen MR) is 44.2 cm³/mol. The third-order valence-corrected chi connectivity index (χ3v) is 1.39. The van der Waals surface area contributed by atoms with Crippen molar-refractivity contribution in [2.45, 2.75) is 31.5 Å². The molecule has 0 bridgehead atoms. The standard InChI is InChI=1S/C6H13F3N2.ClH/c7-6(8,9)5(11)3-1-2-4-10;/h5H,1-4,10-11H2;1H. The van der Waals surface area contributed by atoms with Crippen LogP contribution in [0.1, 0.15) is 19.3 Å². The molecule has 0 aromatic rings. The van der Waals surface area contributed by atoms with Crippen molar-refractivity contribution >= 4 is 12.4 Å². The van der Waals surface area contributed by atoms with Crippen molar-refractivity contribution in [2.24, 2.45) is 11.5 Å². The maximum Gasteiger partial charge on any atom is 0.403 e. The summed E-state index contributed by atoms with van der Waals surface area (Å²) >= 11 is 0. The highest BCUT2D eigenvalue weighted by Gasteiger charge is 2.35. The van der Waals surface area contributed by atoms with E-state index in [0.29, 0.717) is 19.4 Å². The number of hydrogen-bond acceptors (Lipinski definition) is 2. The summed E-state index contributed by atoms with van der Waals surface area (Å²) in [6.07, 6.45) is -3.24. The number of halogens is 4. The highest BCUT2D eigenvalue weighted by Crippen LogP contribution is 2.21. The van der Waals surface area contributed by atoms with Gasteiger partial charge in [0, 0.05) is 0 Å². The minimum absolute atomic E-state index is 0. The Morgan fingerprint density at radius 1 is 1.17 bits per heavy atom. The third-order valence-electron chi connectivity index (χ3n) is 1.39. The van der Waals surface area contributed by atoms with Crippen molar-refractivity contribution in [2.75, 3.05) is 6.54 Å². The second kappa shape index (κ2) is 6.51. The zero-order valence-corrected chi connectivity index (χ0v) is 7.42. The molecular weight excluding hydrogens is 193 g/mol. The van der Waals surface area contributed by atoms with Crippen molar-refractivity contribution < 1.29 is 13.2 Å². The van der Waals surface area contributed by atoms with E-state index in [-0.39, 0.29) is 18.8 Å². The molecule has 0 rings (SSSR count). The quantitative estimate of drug-likeness (QED) is 0.684. The summed E-state index contributed by atoms with van der Waals surface area (Å²) in [5.74, 6) is 0. The number of alkyl halides is 3. The molecule has 0 spiro atoms. The van der Waals surface area contributed by atoms with Gasteiger partial charge in [0.15, 0.2) is 0 Å². The van der Waals surface area contributed by atoms with Crippen LogP contribution in [0.15, 0.2) is 0 Å². The average Bonchev–Trinajstić information content (AvgIpc) is 1.86. The minimum Gasteiger partial charge on any atom is -0.330 e. The molecule has 0 aromatic carbocycles. The van der Waals surface area contributed by atoms with Gasteiger partial charge < -0.3 is 11.5 Å². The van der Waals surface area contributed by atoms with Crippen LogP contribution in [0.2, 0.25) is 0 Å². The molecule has 0 aromatic heterocycles. The molecule has 0 amide bonds. The lowest BCUT2D eigenvalue weighted by Gasteiger charge is -2.14. The second-order valence-electron chi connectivity index (χ2n) is 2.43. The van der Waals surface area contributed by atoms with E-state index in [9.17, 15) is 13.2 Å². The van der Waals surface area contributed by atoms with E-state index in [1.54, 1.807) is 0 Å². The maximum absolute atomic E-state index is 11.7. The van der Waals surface area contributed by atoms with E-state index in [1.807, 2.05) is 0 Å². The smallest absolute Gasteiger partial charge is 0.330 e. The molecule has 76 valence electrons. The van der Waals surface area contributed by atoms with Crippen LogP contribution >= 0.6 is 12.4 Å². The molecule has 1 atom stereocenters. The van der Waals surface area contributed by atoms with E-state index >= 15 is 0 Å². The van der Waals surface area contributed by atoms with Crippen LogP contribution in [-0.2, 0) is 0 Å². The minimum atomic E-state index is -4.26. The molecule has 4 N–H and O–H groups in total. The Labute approximate surface area is 75.9 Å². The van der Waals surface area contributed by atoms with Gasteiger partial charge in [-0.15, -0.1) is 12.4 Å². The first-order chi connectivity index (χ1) is 4.98. The van der Waals surface area contributed by atoms with E-state index < -0.39 is 12.2 Å². The topological polar surface area (TPSA) is 52.0 Å². The normalized spacial score (nSPS) is 13.8. The molecule has 0 radical (unpaired) electrons. The zero-order valence-electron chi connectivity index (χ0n) is 6.60. The van der Waals surface area contributed by atoms with E-state index in [4.69, 9.17) is 11.5 Å². The fourth-order valence-corrected chi connectivity index (χ4v) is 0.672. The molecule has 0 saturated heterocycles. The first-order valence-electron chi connectivity index (χ1n) is 3.51. The molecule has 6 heteroatoms. The number of hydrogen-bond donors (Lipinski definition) is 2. The Morgan fingerprint density at radius 3 is 2.00 bits per heavy atom. The average molecular weight is 207 g/mol. The summed E-state index contributed by atoms with van der Waals surface area (Å²) in [5.41, 5.74) is 9.93. The predicted octanol–water partition coefficient (Wildman–Crippen LogP) is 1.43. The SMILES string of the molecule is Cl.NCCCCC(N)C(F)(F)F. The molecule has 0 aliphatic carbocycles. The number of rotatable bonds is 4. The molecule has 0 aliphatic heterocycles. The van der Waals surface area contributed by atoms with Gasteiger partial charge in [-0.3, -0.25) is 0 Å². The Morgan fingerprint density at radius 2 is 1.67 bits per heavy atom. The molecule has 0 aliphatic rings. The van der Waals surface area contributed by atoms with Crippen LogP contribution in [0.3, 0.4) is 0 Å². The van der Waals surface area contributed by atoms with Gasteiger partial charge in [-0.25, -0.2) is 0 Å². The monoisotopic (exact) mass is 206 g/mol. The lowest BCUT2D eigenvalue weighted by atomic mass is 10.1. The molecular formula is C6H14ClF3N2.